The summed E-state index contributed by atoms with van der Waals surface area (Å²) in [6, 6.07) is 5.50. The summed E-state index contributed by atoms with van der Waals surface area (Å²) in [5.74, 6) is -1.86. The minimum absolute atomic E-state index is 0.0764. The minimum Gasteiger partial charge on any atom is -0.480 e. The van der Waals surface area contributed by atoms with Crippen molar-refractivity contribution in [2.45, 2.75) is 26.3 Å². The lowest BCUT2D eigenvalue weighted by molar-refractivity contribution is -0.138. The molecule has 1 aromatic rings. The molecule has 3 N–H and O–H groups in total. The van der Waals surface area contributed by atoms with Crippen LogP contribution in [0.5, 0.6) is 0 Å². The van der Waals surface area contributed by atoms with Crippen molar-refractivity contribution in [2.75, 3.05) is 5.32 Å². The highest BCUT2D eigenvalue weighted by Gasteiger charge is 2.20. The van der Waals surface area contributed by atoms with Crippen molar-refractivity contribution >= 4 is 17.6 Å². The standard InChI is InChI=1S/C13H17NO4/c1-8(2)7-11(13(17)18)14-10-6-4-3-5-9(10)12(15)16/h3-6,8,11,14H,7H2,1-2H3,(H,15,16)(H,17,18). The van der Waals surface area contributed by atoms with Crippen LogP contribution in [0.3, 0.4) is 0 Å². The quantitative estimate of drug-likeness (QED) is 0.722. The predicted molar refractivity (Wildman–Crippen MR) is 67.9 cm³/mol. The minimum atomic E-state index is -1.08. The lowest BCUT2D eigenvalue weighted by Gasteiger charge is -2.18. The zero-order chi connectivity index (χ0) is 13.7. The second-order valence-corrected chi connectivity index (χ2v) is 4.52. The molecule has 1 unspecified atom stereocenters. The van der Waals surface area contributed by atoms with Gasteiger partial charge in [-0.15, -0.1) is 0 Å². The van der Waals surface area contributed by atoms with Gasteiger partial charge in [0, 0.05) is 5.69 Å². The van der Waals surface area contributed by atoms with Crippen LogP contribution in [0.1, 0.15) is 30.6 Å². The van der Waals surface area contributed by atoms with E-state index in [9.17, 15) is 9.59 Å². The molecule has 0 aromatic heterocycles. The Morgan fingerprint density at radius 2 is 1.83 bits per heavy atom. The molecule has 5 heteroatoms. The number of benzene rings is 1. The highest BCUT2D eigenvalue weighted by atomic mass is 16.4. The Bertz CT molecular complexity index is 442. The number of anilines is 1. The number of rotatable bonds is 6. The van der Waals surface area contributed by atoms with Gasteiger partial charge in [0.15, 0.2) is 0 Å². The second kappa shape index (κ2) is 6.05. The Morgan fingerprint density at radius 3 is 2.33 bits per heavy atom. The van der Waals surface area contributed by atoms with Gasteiger partial charge in [0.1, 0.15) is 6.04 Å². The number of nitrogens with one attached hydrogen (secondary N) is 1. The molecule has 1 atom stereocenters. The molecule has 18 heavy (non-hydrogen) atoms. The molecule has 98 valence electrons. The number of carboxylic acid groups (broad SMARTS) is 2. The van der Waals surface area contributed by atoms with Crippen LogP contribution in [-0.4, -0.2) is 28.2 Å². The van der Waals surface area contributed by atoms with Crippen molar-refractivity contribution in [1.29, 1.82) is 0 Å². The molecule has 0 bridgehead atoms. The number of carboxylic acids is 2. The molecule has 0 saturated carbocycles. The first-order valence-corrected chi connectivity index (χ1v) is 5.73. The Balaban J connectivity index is 2.93. The van der Waals surface area contributed by atoms with Crippen LogP contribution in [0, 0.1) is 5.92 Å². The van der Waals surface area contributed by atoms with E-state index in [2.05, 4.69) is 5.32 Å². The molecule has 0 radical (unpaired) electrons. The summed E-state index contributed by atoms with van der Waals surface area (Å²) < 4.78 is 0. The SMILES string of the molecule is CC(C)CC(Nc1ccccc1C(=O)O)C(=O)O. The lowest BCUT2D eigenvalue weighted by Crippen LogP contribution is -2.31. The Labute approximate surface area is 105 Å². The molecule has 5 nitrogen and oxygen atoms in total. The molecule has 1 aromatic carbocycles. The first kappa shape index (κ1) is 14.0. The van der Waals surface area contributed by atoms with E-state index in [0.29, 0.717) is 12.1 Å². The fraction of sp³-hybridized carbons (Fsp3) is 0.385. The van der Waals surface area contributed by atoms with E-state index < -0.39 is 18.0 Å². The Hall–Kier alpha value is -2.04. The number of carbonyl (C=O) groups is 2. The Kier molecular flexibility index (Phi) is 4.71. The van der Waals surface area contributed by atoms with Gasteiger partial charge in [-0.1, -0.05) is 26.0 Å². The lowest BCUT2D eigenvalue weighted by atomic mass is 10.0. The average Bonchev–Trinajstić information content (AvgIpc) is 2.27. The normalized spacial score (nSPS) is 12.2. The molecule has 0 amide bonds. The summed E-state index contributed by atoms with van der Waals surface area (Å²) in [6.07, 6.45) is 0.434. The smallest absolute Gasteiger partial charge is 0.337 e. The second-order valence-electron chi connectivity index (χ2n) is 4.52. The van der Waals surface area contributed by atoms with Crippen molar-refractivity contribution in [1.82, 2.24) is 0 Å². The molecule has 0 spiro atoms. The molecule has 0 aliphatic carbocycles. The van der Waals surface area contributed by atoms with Gasteiger partial charge in [-0.05, 0) is 24.5 Å². The van der Waals surface area contributed by atoms with Gasteiger partial charge in [-0.3, -0.25) is 0 Å². The third kappa shape index (κ3) is 3.76. The maximum absolute atomic E-state index is 11.1. The van der Waals surface area contributed by atoms with Gasteiger partial charge < -0.3 is 15.5 Å². The summed E-state index contributed by atoms with van der Waals surface area (Å²) in [4.78, 5) is 22.1. The molecule has 0 aliphatic heterocycles. The van der Waals surface area contributed by atoms with Gasteiger partial charge >= 0.3 is 11.9 Å². The number of hydrogen-bond donors (Lipinski definition) is 3. The van der Waals surface area contributed by atoms with Gasteiger partial charge in [-0.2, -0.15) is 0 Å². The van der Waals surface area contributed by atoms with Crippen molar-refractivity contribution in [2.24, 2.45) is 5.92 Å². The monoisotopic (exact) mass is 251 g/mol. The summed E-state index contributed by atoms with van der Waals surface area (Å²) in [7, 11) is 0. The number of hydrogen-bond acceptors (Lipinski definition) is 3. The highest BCUT2D eigenvalue weighted by Crippen LogP contribution is 2.18. The van der Waals surface area contributed by atoms with Crippen molar-refractivity contribution < 1.29 is 19.8 Å². The van der Waals surface area contributed by atoms with Crippen LogP contribution >= 0.6 is 0 Å². The first-order chi connectivity index (χ1) is 8.41. The van der Waals surface area contributed by atoms with E-state index in [1.807, 2.05) is 13.8 Å². The maximum Gasteiger partial charge on any atom is 0.337 e. The first-order valence-electron chi connectivity index (χ1n) is 5.73. The van der Waals surface area contributed by atoms with Crippen LogP contribution in [0.2, 0.25) is 0 Å². The van der Waals surface area contributed by atoms with E-state index in [4.69, 9.17) is 10.2 Å². The molecule has 1 rings (SSSR count). The summed E-state index contributed by atoms with van der Waals surface area (Å²) in [6.45, 7) is 3.83. The van der Waals surface area contributed by atoms with E-state index in [1.54, 1.807) is 18.2 Å². The molecule has 0 heterocycles. The summed E-state index contributed by atoms with van der Waals surface area (Å²) >= 11 is 0. The van der Waals surface area contributed by atoms with E-state index >= 15 is 0 Å². The number of para-hydroxylation sites is 1. The zero-order valence-corrected chi connectivity index (χ0v) is 10.4. The van der Waals surface area contributed by atoms with Crippen LogP contribution < -0.4 is 5.32 Å². The maximum atomic E-state index is 11.1. The van der Waals surface area contributed by atoms with E-state index in [1.165, 1.54) is 6.07 Å². The topological polar surface area (TPSA) is 86.6 Å². The van der Waals surface area contributed by atoms with Gasteiger partial charge in [0.25, 0.3) is 0 Å². The van der Waals surface area contributed by atoms with Crippen molar-refractivity contribution in [3.8, 4) is 0 Å². The van der Waals surface area contributed by atoms with E-state index in [0.717, 1.165) is 0 Å². The molecule has 0 aliphatic rings. The van der Waals surface area contributed by atoms with Crippen LogP contribution in [-0.2, 0) is 4.79 Å². The summed E-state index contributed by atoms with van der Waals surface area (Å²) in [5.41, 5.74) is 0.408. The predicted octanol–water partition coefficient (Wildman–Crippen LogP) is 2.30. The van der Waals surface area contributed by atoms with Gasteiger partial charge in [-0.25, -0.2) is 9.59 Å². The molecular formula is C13H17NO4. The third-order valence-corrected chi connectivity index (χ3v) is 2.49. The van der Waals surface area contributed by atoms with Crippen LogP contribution in [0.15, 0.2) is 24.3 Å². The third-order valence-electron chi connectivity index (χ3n) is 2.49. The molecule has 0 fully saturated rings. The van der Waals surface area contributed by atoms with Crippen molar-refractivity contribution in [3.05, 3.63) is 29.8 Å². The average molecular weight is 251 g/mol. The van der Waals surface area contributed by atoms with E-state index in [-0.39, 0.29) is 11.5 Å². The fourth-order valence-electron chi connectivity index (χ4n) is 1.68. The van der Waals surface area contributed by atoms with Crippen LogP contribution in [0.4, 0.5) is 5.69 Å². The largest absolute Gasteiger partial charge is 0.480 e. The number of aliphatic carboxylic acids is 1. The zero-order valence-electron chi connectivity index (χ0n) is 10.4. The number of aromatic carboxylic acids is 1. The van der Waals surface area contributed by atoms with Gasteiger partial charge in [0.05, 0.1) is 5.56 Å². The highest BCUT2D eigenvalue weighted by molar-refractivity contribution is 5.95. The van der Waals surface area contributed by atoms with Crippen LogP contribution in [0.25, 0.3) is 0 Å². The van der Waals surface area contributed by atoms with Gasteiger partial charge in [0.2, 0.25) is 0 Å². The summed E-state index contributed by atoms with van der Waals surface area (Å²) in [5, 5.41) is 20.9. The Morgan fingerprint density at radius 1 is 1.22 bits per heavy atom. The fourth-order valence-corrected chi connectivity index (χ4v) is 1.68. The van der Waals surface area contributed by atoms with Crippen molar-refractivity contribution in [3.63, 3.8) is 0 Å². The molecular weight excluding hydrogens is 234 g/mol. The molecule has 0 saturated heterocycles.